The number of allylic oxidation sites excluding steroid dienone is 1. The summed E-state index contributed by atoms with van der Waals surface area (Å²) < 4.78 is 0. The predicted octanol–water partition coefficient (Wildman–Crippen LogP) is 1.30. The first-order valence-corrected chi connectivity index (χ1v) is 2.38. The zero-order valence-electron chi connectivity index (χ0n) is 5.07. The van der Waals surface area contributed by atoms with Gasteiger partial charge in [-0.1, -0.05) is 19.9 Å². The number of hydrogen-bond donors (Lipinski definition) is 0. The first-order valence-electron chi connectivity index (χ1n) is 2.38. The Morgan fingerprint density at radius 2 is 2.00 bits per heavy atom. The van der Waals surface area contributed by atoms with Gasteiger partial charge >= 0.3 is 26.6 Å². The molecule has 0 aliphatic heterocycles. The van der Waals surface area contributed by atoms with E-state index in [-0.39, 0.29) is 26.6 Å². The molecule has 0 amide bonds. The molecule has 0 unspecified atom stereocenters. The Morgan fingerprint density at radius 3 is 2.00 bits per heavy atom. The summed E-state index contributed by atoms with van der Waals surface area (Å²) in [6.07, 6.45) is 3.09. The molecule has 0 bridgehead atoms. The van der Waals surface area contributed by atoms with Gasteiger partial charge < -0.3 is 0 Å². The Labute approximate surface area is 65.5 Å². The van der Waals surface area contributed by atoms with E-state index in [0.29, 0.717) is 0 Å². The Morgan fingerprint density at radius 1 is 1.57 bits per heavy atom. The van der Waals surface area contributed by atoms with Crippen LogP contribution in [0.2, 0.25) is 0 Å². The molecule has 0 aliphatic carbocycles. The summed E-state index contributed by atoms with van der Waals surface area (Å²) >= 11 is 0. The van der Waals surface area contributed by atoms with Gasteiger partial charge in [0.25, 0.3) is 0 Å². The summed E-state index contributed by atoms with van der Waals surface area (Å²) in [6.45, 7) is 7.97. The molecular formula is C6H14Po. The van der Waals surface area contributed by atoms with Crippen molar-refractivity contribution >= 4 is 26.6 Å². The monoisotopic (exact) mass is 295 g/mol. The van der Waals surface area contributed by atoms with E-state index in [1.54, 1.807) is 0 Å². The summed E-state index contributed by atoms with van der Waals surface area (Å²) in [7, 11) is 0. The molecule has 0 spiro atoms. The van der Waals surface area contributed by atoms with Crippen molar-refractivity contribution in [2.45, 2.75) is 20.3 Å². The average Bonchev–Trinajstić information content (AvgIpc) is 1.35. The van der Waals surface area contributed by atoms with E-state index >= 15 is 0 Å². The summed E-state index contributed by atoms with van der Waals surface area (Å²) in [4.78, 5) is 0. The molecule has 0 aromatic rings. The third-order valence-electron chi connectivity index (χ3n) is 0.638. The van der Waals surface area contributed by atoms with E-state index in [0.717, 1.165) is 12.3 Å². The van der Waals surface area contributed by atoms with Gasteiger partial charge in [0.05, 0.1) is 0 Å². The van der Waals surface area contributed by atoms with Gasteiger partial charge in [-0.25, -0.2) is 0 Å². The van der Waals surface area contributed by atoms with Gasteiger partial charge in [-0.05, 0) is 12.3 Å². The van der Waals surface area contributed by atoms with Crippen LogP contribution in [0.4, 0.5) is 0 Å². The first-order chi connectivity index (χ1) is 2.77. The van der Waals surface area contributed by atoms with Crippen LogP contribution in [-0.4, -0.2) is 26.6 Å². The molecular weight excluding hydrogens is 281 g/mol. The molecule has 0 saturated carbocycles. The molecule has 0 atom stereocenters. The van der Waals surface area contributed by atoms with Crippen molar-refractivity contribution < 1.29 is 0 Å². The molecule has 0 aliphatic rings. The van der Waals surface area contributed by atoms with Crippen LogP contribution in [0.25, 0.3) is 0 Å². The molecule has 0 nitrogen and oxygen atoms in total. The van der Waals surface area contributed by atoms with Gasteiger partial charge in [-0.15, -0.1) is 6.58 Å². The fraction of sp³-hybridized carbons (Fsp3) is 0.667. The van der Waals surface area contributed by atoms with Crippen molar-refractivity contribution in [3.63, 3.8) is 0 Å². The maximum absolute atomic E-state index is 3.60. The second-order valence-corrected chi connectivity index (χ2v) is 1.92. The molecule has 0 fully saturated rings. The Kier molecular flexibility index (Phi) is 10.0. The van der Waals surface area contributed by atoms with Gasteiger partial charge in [-0.3, -0.25) is 0 Å². The summed E-state index contributed by atoms with van der Waals surface area (Å²) in [5.41, 5.74) is 0. The van der Waals surface area contributed by atoms with Gasteiger partial charge in [0, 0.05) is 0 Å². The standard InChI is InChI=1S/C6H12.Po.2H/c1-4-5-6(2)3;;;/h4,6H,1,5H2,2-3H3;;;. The second kappa shape index (κ2) is 6.64. The zero-order valence-corrected chi connectivity index (χ0v) is 8.96. The van der Waals surface area contributed by atoms with Gasteiger partial charge in [0.15, 0.2) is 0 Å². The van der Waals surface area contributed by atoms with Crippen LogP contribution in [0.1, 0.15) is 20.3 Å². The van der Waals surface area contributed by atoms with E-state index in [4.69, 9.17) is 0 Å². The molecule has 0 heterocycles. The normalized spacial score (nSPS) is 7.86. The maximum atomic E-state index is 3.60. The van der Waals surface area contributed by atoms with Crippen LogP contribution in [0.3, 0.4) is 0 Å². The summed E-state index contributed by atoms with van der Waals surface area (Å²) in [6, 6.07) is 0. The van der Waals surface area contributed by atoms with Crippen LogP contribution >= 0.6 is 0 Å². The fourth-order valence-electron chi connectivity index (χ4n) is 0.333. The van der Waals surface area contributed by atoms with Crippen LogP contribution in [0, 0.1) is 5.92 Å². The van der Waals surface area contributed by atoms with E-state index < -0.39 is 0 Å². The van der Waals surface area contributed by atoms with Crippen molar-refractivity contribution in [1.82, 2.24) is 0 Å². The van der Waals surface area contributed by atoms with Crippen LogP contribution in [0.15, 0.2) is 12.7 Å². The molecule has 0 radical (unpaired) electrons. The van der Waals surface area contributed by atoms with E-state index in [2.05, 4.69) is 20.4 Å². The van der Waals surface area contributed by atoms with Crippen molar-refractivity contribution in [1.29, 1.82) is 0 Å². The molecule has 0 N–H and O–H groups in total. The third kappa shape index (κ3) is 10.8. The van der Waals surface area contributed by atoms with E-state index in [1.165, 1.54) is 0 Å². The van der Waals surface area contributed by atoms with E-state index in [1.807, 2.05) is 6.08 Å². The number of hydrogen-bond acceptors (Lipinski definition) is 0. The molecule has 7 heavy (non-hydrogen) atoms. The minimum absolute atomic E-state index is 0. The zero-order chi connectivity index (χ0) is 4.99. The summed E-state index contributed by atoms with van der Waals surface area (Å²) in [5, 5.41) is 0. The minimum atomic E-state index is 0. The molecule has 0 aromatic heterocycles. The van der Waals surface area contributed by atoms with Crippen LogP contribution in [-0.2, 0) is 0 Å². The predicted molar refractivity (Wildman–Crippen MR) is 38.2 cm³/mol. The summed E-state index contributed by atoms with van der Waals surface area (Å²) in [5.74, 6) is 0.780. The molecule has 0 aromatic carbocycles. The number of rotatable bonds is 2. The van der Waals surface area contributed by atoms with Crippen molar-refractivity contribution in [2.24, 2.45) is 5.92 Å². The second-order valence-electron chi connectivity index (χ2n) is 1.92. The van der Waals surface area contributed by atoms with Crippen LogP contribution < -0.4 is 0 Å². The first kappa shape index (κ1) is 10.6. The quantitative estimate of drug-likeness (QED) is 0.674. The van der Waals surface area contributed by atoms with Crippen molar-refractivity contribution in [3.05, 3.63) is 12.7 Å². The SMILES string of the molecule is C=CCC(C)C.[PoH2]. The topological polar surface area (TPSA) is 0 Å². The molecule has 1 heteroatoms. The Balaban J connectivity index is 0. The van der Waals surface area contributed by atoms with Gasteiger partial charge in [0.1, 0.15) is 0 Å². The molecule has 0 saturated heterocycles. The Hall–Kier alpha value is 0.636. The Bertz CT molecular complexity index is 39.4. The van der Waals surface area contributed by atoms with E-state index in [9.17, 15) is 0 Å². The van der Waals surface area contributed by atoms with Crippen molar-refractivity contribution in [3.8, 4) is 0 Å². The van der Waals surface area contributed by atoms with Gasteiger partial charge in [0.2, 0.25) is 0 Å². The fourth-order valence-corrected chi connectivity index (χ4v) is 0.333. The van der Waals surface area contributed by atoms with Crippen LogP contribution in [0.5, 0.6) is 0 Å². The molecule has 44 valence electrons. The van der Waals surface area contributed by atoms with Gasteiger partial charge in [-0.2, -0.15) is 0 Å². The van der Waals surface area contributed by atoms with Crippen molar-refractivity contribution in [2.75, 3.05) is 0 Å². The molecule has 0 rings (SSSR count). The third-order valence-corrected chi connectivity index (χ3v) is 0.638. The average molecular weight is 295 g/mol.